The highest BCUT2D eigenvalue weighted by molar-refractivity contribution is 6.30. The van der Waals surface area contributed by atoms with Gasteiger partial charge in [-0.15, -0.1) is 0 Å². The fourth-order valence-corrected chi connectivity index (χ4v) is 4.15. The number of rotatable bonds is 4. The van der Waals surface area contributed by atoms with Gasteiger partial charge < -0.3 is 4.42 Å². The molecule has 0 unspecified atom stereocenters. The first-order valence-electron chi connectivity index (χ1n) is 10.5. The summed E-state index contributed by atoms with van der Waals surface area (Å²) >= 11 is 5.96. The zero-order valence-corrected chi connectivity index (χ0v) is 18.2. The Labute approximate surface area is 193 Å². The Morgan fingerprint density at radius 1 is 1.00 bits per heavy atom. The predicted molar refractivity (Wildman–Crippen MR) is 119 cm³/mol. The minimum Gasteiger partial charge on any atom is -0.460 e. The van der Waals surface area contributed by atoms with E-state index in [4.69, 9.17) is 21.0 Å². The molecule has 2 aromatic heterocycles. The molecule has 0 radical (unpaired) electrons. The van der Waals surface area contributed by atoms with Gasteiger partial charge in [0, 0.05) is 47.4 Å². The number of hydrogen-bond acceptors (Lipinski definition) is 4. The molecule has 5 rings (SSSR count). The molecule has 0 fully saturated rings. The smallest absolute Gasteiger partial charge is 0.417 e. The van der Waals surface area contributed by atoms with Crippen LogP contribution in [-0.2, 0) is 25.7 Å². The van der Waals surface area contributed by atoms with Gasteiger partial charge in [-0.25, -0.2) is 9.97 Å². The molecule has 0 amide bonds. The van der Waals surface area contributed by atoms with E-state index in [-0.39, 0.29) is 11.3 Å². The number of fused-ring (bicyclic) bond motifs is 1. The van der Waals surface area contributed by atoms with Crippen molar-refractivity contribution >= 4 is 11.6 Å². The number of hydrogen-bond donors (Lipinski definition) is 0. The van der Waals surface area contributed by atoms with E-state index in [2.05, 4.69) is 9.88 Å². The lowest BCUT2D eigenvalue weighted by molar-refractivity contribution is -0.137. The second-order valence-corrected chi connectivity index (χ2v) is 8.38. The number of nitrogens with zero attached hydrogens (tertiary/aromatic N) is 3. The molecule has 0 bridgehead atoms. The number of halogens is 4. The van der Waals surface area contributed by atoms with Gasteiger partial charge in [-0.2, -0.15) is 13.2 Å². The highest BCUT2D eigenvalue weighted by Gasteiger charge is 2.34. The molecule has 3 heterocycles. The Balaban J connectivity index is 1.30. The van der Waals surface area contributed by atoms with Crippen LogP contribution in [0.5, 0.6) is 0 Å². The molecular formula is C25H19ClF3N3O. The van der Waals surface area contributed by atoms with Gasteiger partial charge in [0.25, 0.3) is 0 Å². The van der Waals surface area contributed by atoms with Crippen molar-refractivity contribution in [1.29, 1.82) is 0 Å². The van der Waals surface area contributed by atoms with Crippen molar-refractivity contribution in [1.82, 2.24) is 14.9 Å². The Bertz CT molecular complexity index is 1280. The molecule has 0 saturated heterocycles. The molecule has 0 saturated carbocycles. The summed E-state index contributed by atoms with van der Waals surface area (Å²) in [6.07, 6.45) is -1.85. The van der Waals surface area contributed by atoms with Gasteiger partial charge in [0.05, 0.1) is 17.8 Å². The van der Waals surface area contributed by atoms with E-state index in [0.29, 0.717) is 29.7 Å². The van der Waals surface area contributed by atoms with Gasteiger partial charge in [-0.1, -0.05) is 29.8 Å². The fraction of sp³-hybridized carbons (Fsp3) is 0.200. The van der Waals surface area contributed by atoms with Gasteiger partial charge in [0.15, 0.2) is 5.82 Å². The molecule has 33 heavy (non-hydrogen) atoms. The minimum atomic E-state index is -4.44. The van der Waals surface area contributed by atoms with Gasteiger partial charge in [-0.05, 0) is 42.5 Å². The van der Waals surface area contributed by atoms with Crippen molar-refractivity contribution in [2.45, 2.75) is 25.7 Å². The summed E-state index contributed by atoms with van der Waals surface area (Å²) < 4.78 is 45.8. The van der Waals surface area contributed by atoms with E-state index in [9.17, 15) is 13.2 Å². The summed E-state index contributed by atoms with van der Waals surface area (Å²) in [5, 5.41) is 0.662. The SMILES string of the molecule is FC(F)(F)c1ccccc1-c1ccc(CN2CCc3nc(-c4ccc(Cl)cc4)ncc3C2)o1. The average molecular weight is 470 g/mol. The first-order valence-corrected chi connectivity index (χ1v) is 10.8. The zero-order chi connectivity index (χ0) is 23.0. The molecule has 0 spiro atoms. The molecule has 168 valence electrons. The molecule has 8 heteroatoms. The zero-order valence-electron chi connectivity index (χ0n) is 17.4. The Kier molecular flexibility index (Phi) is 5.68. The molecular weight excluding hydrogens is 451 g/mol. The van der Waals surface area contributed by atoms with Gasteiger partial charge in [-0.3, -0.25) is 4.90 Å². The van der Waals surface area contributed by atoms with Crippen LogP contribution in [0.3, 0.4) is 0 Å². The second kappa shape index (κ2) is 8.65. The quantitative estimate of drug-likeness (QED) is 0.336. The maximum atomic E-state index is 13.3. The number of alkyl halides is 3. The molecule has 0 aliphatic carbocycles. The van der Waals surface area contributed by atoms with E-state index < -0.39 is 11.7 Å². The lowest BCUT2D eigenvalue weighted by Crippen LogP contribution is -2.30. The standard InChI is InChI=1S/C25H19ClF3N3O/c26-18-7-5-16(6-8-18)24-30-13-17-14-32(12-11-22(17)31-24)15-19-9-10-23(33-19)20-3-1-2-4-21(20)25(27,28)29/h1-10,13H,11-12,14-15H2. The minimum absolute atomic E-state index is 0.0448. The third-order valence-electron chi connectivity index (χ3n) is 5.65. The average Bonchev–Trinajstić information content (AvgIpc) is 3.27. The maximum absolute atomic E-state index is 13.3. The van der Waals surface area contributed by atoms with Crippen molar-refractivity contribution in [2.75, 3.05) is 6.54 Å². The van der Waals surface area contributed by atoms with Crippen LogP contribution in [0.15, 0.2) is 71.3 Å². The third-order valence-corrected chi connectivity index (χ3v) is 5.91. The van der Waals surface area contributed by atoms with E-state index in [0.717, 1.165) is 35.9 Å². The Morgan fingerprint density at radius 2 is 1.79 bits per heavy atom. The summed E-state index contributed by atoms with van der Waals surface area (Å²) in [5.74, 6) is 1.49. The van der Waals surface area contributed by atoms with Crippen LogP contribution >= 0.6 is 11.6 Å². The van der Waals surface area contributed by atoms with Gasteiger partial charge in [0.2, 0.25) is 0 Å². The lowest BCUT2D eigenvalue weighted by atomic mass is 10.1. The molecule has 0 N–H and O–H groups in total. The molecule has 0 atom stereocenters. The maximum Gasteiger partial charge on any atom is 0.417 e. The second-order valence-electron chi connectivity index (χ2n) is 7.94. The molecule has 4 aromatic rings. The monoisotopic (exact) mass is 469 g/mol. The highest BCUT2D eigenvalue weighted by atomic mass is 35.5. The normalized spacial score (nSPS) is 14.3. The van der Waals surface area contributed by atoms with E-state index in [1.807, 2.05) is 30.5 Å². The van der Waals surface area contributed by atoms with Crippen molar-refractivity contribution < 1.29 is 17.6 Å². The van der Waals surface area contributed by atoms with Crippen LogP contribution < -0.4 is 0 Å². The van der Waals surface area contributed by atoms with Crippen LogP contribution in [-0.4, -0.2) is 21.4 Å². The molecule has 1 aliphatic heterocycles. The van der Waals surface area contributed by atoms with Crippen LogP contribution in [0, 0.1) is 0 Å². The summed E-state index contributed by atoms with van der Waals surface area (Å²) in [7, 11) is 0. The van der Waals surface area contributed by atoms with Crippen LogP contribution in [0.1, 0.15) is 22.6 Å². The van der Waals surface area contributed by atoms with E-state index >= 15 is 0 Å². The number of benzene rings is 2. The first-order chi connectivity index (χ1) is 15.9. The number of furan rings is 1. The number of aromatic nitrogens is 2. The molecule has 4 nitrogen and oxygen atoms in total. The van der Waals surface area contributed by atoms with Crippen molar-refractivity contribution in [2.24, 2.45) is 0 Å². The fourth-order valence-electron chi connectivity index (χ4n) is 4.02. The van der Waals surface area contributed by atoms with Crippen LogP contribution in [0.25, 0.3) is 22.7 Å². The Morgan fingerprint density at radius 3 is 2.58 bits per heavy atom. The summed E-state index contributed by atoms with van der Waals surface area (Å²) in [6, 6.07) is 16.2. The van der Waals surface area contributed by atoms with Crippen molar-refractivity contribution in [3.05, 3.63) is 94.5 Å². The van der Waals surface area contributed by atoms with Crippen molar-refractivity contribution in [3.8, 4) is 22.7 Å². The Hall–Kier alpha value is -3.16. The van der Waals surface area contributed by atoms with Gasteiger partial charge >= 0.3 is 6.18 Å². The highest BCUT2D eigenvalue weighted by Crippen LogP contribution is 2.37. The van der Waals surface area contributed by atoms with E-state index in [1.165, 1.54) is 12.1 Å². The summed E-state index contributed by atoms with van der Waals surface area (Å²) in [5.41, 5.74) is 2.29. The third kappa shape index (κ3) is 4.65. The summed E-state index contributed by atoms with van der Waals surface area (Å²) in [4.78, 5) is 11.4. The molecule has 2 aromatic carbocycles. The van der Waals surface area contributed by atoms with Crippen molar-refractivity contribution in [3.63, 3.8) is 0 Å². The lowest BCUT2D eigenvalue weighted by Gasteiger charge is -2.27. The molecule has 1 aliphatic rings. The van der Waals surface area contributed by atoms with Crippen LogP contribution in [0.2, 0.25) is 5.02 Å². The largest absolute Gasteiger partial charge is 0.460 e. The first kappa shape index (κ1) is 21.7. The van der Waals surface area contributed by atoms with Gasteiger partial charge in [0.1, 0.15) is 11.5 Å². The topological polar surface area (TPSA) is 42.2 Å². The van der Waals surface area contributed by atoms with E-state index in [1.54, 1.807) is 18.2 Å². The summed E-state index contributed by atoms with van der Waals surface area (Å²) in [6.45, 7) is 1.90. The predicted octanol–water partition coefficient (Wildman–Crippen LogP) is 6.63. The van der Waals surface area contributed by atoms with Crippen LogP contribution in [0.4, 0.5) is 13.2 Å².